The number of nitrogens with one attached hydrogen (secondary N) is 1. The first kappa shape index (κ1) is 29.3. The van der Waals surface area contributed by atoms with Crippen molar-refractivity contribution in [3.8, 4) is 0 Å². The van der Waals surface area contributed by atoms with Gasteiger partial charge in [-0.25, -0.2) is 4.98 Å². The number of halogens is 6. The summed E-state index contributed by atoms with van der Waals surface area (Å²) in [6, 6.07) is 2.31. The van der Waals surface area contributed by atoms with E-state index in [1.165, 1.54) is 6.07 Å². The highest BCUT2D eigenvalue weighted by atomic mass is 32.2. The summed E-state index contributed by atoms with van der Waals surface area (Å²) in [5.41, 5.74) is -0.801. The second kappa shape index (κ2) is 12.5. The first-order valence-corrected chi connectivity index (χ1v) is 12.8. The van der Waals surface area contributed by atoms with Gasteiger partial charge in [0.05, 0.1) is 10.9 Å². The normalized spacial score (nSPS) is 20.2. The van der Waals surface area contributed by atoms with Crippen LogP contribution in [0.1, 0.15) is 31.7 Å². The van der Waals surface area contributed by atoms with E-state index >= 15 is 0 Å². The lowest BCUT2D eigenvalue weighted by atomic mass is 10.0. The van der Waals surface area contributed by atoms with Crippen LogP contribution in [0.15, 0.2) is 23.4 Å². The lowest BCUT2D eigenvalue weighted by Crippen LogP contribution is -2.50. The summed E-state index contributed by atoms with van der Waals surface area (Å²) in [7, 11) is 0. The van der Waals surface area contributed by atoms with Crippen LogP contribution in [-0.2, 0) is 11.0 Å². The van der Waals surface area contributed by atoms with Crippen molar-refractivity contribution < 1.29 is 31.1 Å². The van der Waals surface area contributed by atoms with Crippen molar-refractivity contribution in [2.24, 2.45) is 10.9 Å². The Morgan fingerprint density at radius 2 is 1.78 bits per heavy atom. The topological polar surface area (TPSA) is 90.1 Å². The standard InChI is InChI=1S/C22H31F6N7OS/c1-15(37-20(32-29)22(26,27)28)34-12-10-33(11-13-34)7-6-19(36)35-8-4-17(5-9-35)31-18-3-2-16(14-30-18)21(23,24)25/h2-3,14-15,17H,4-13,29H2,1H3,(H,30,31)/b32-20-. The number of hydrogen-bond acceptors (Lipinski definition) is 8. The van der Waals surface area contributed by atoms with Crippen molar-refractivity contribution in [1.82, 2.24) is 19.7 Å². The SMILES string of the molecule is CC(S/C(=N\N)C(F)(F)F)N1CCN(CCC(=O)N2CCC(Nc3ccc(C(F)(F)F)cn3)CC2)CC1. The monoisotopic (exact) mass is 555 g/mol. The first-order chi connectivity index (χ1) is 17.4. The van der Waals surface area contributed by atoms with E-state index in [0.29, 0.717) is 82.7 Å². The zero-order valence-electron chi connectivity index (χ0n) is 20.4. The molecule has 1 atom stereocenters. The Morgan fingerprint density at radius 1 is 1.14 bits per heavy atom. The molecule has 1 amide bonds. The van der Waals surface area contributed by atoms with Gasteiger partial charge in [-0.2, -0.15) is 31.4 Å². The molecule has 208 valence electrons. The molecule has 8 nitrogen and oxygen atoms in total. The molecule has 3 N–H and O–H groups in total. The number of aromatic nitrogens is 1. The lowest BCUT2D eigenvalue weighted by Gasteiger charge is -2.38. The average Bonchev–Trinajstić information content (AvgIpc) is 2.85. The number of carbonyl (C=O) groups excluding carboxylic acids is 1. The predicted molar refractivity (Wildman–Crippen MR) is 130 cm³/mol. The number of nitrogens with zero attached hydrogens (tertiary/aromatic N) is 5. The fourth-order valence-electron chi connectivity index (χ4n) is 4.30. The number of piperidine rings is 1. The molecule has 0 aromatic carbocycles. The van der Waals surface area contributed by atoms with Gasteiger partial charge in [0, 0.05) is 64.5 Å². The van der Waals surface area contributed by atoms with Gasteiger partial charge in [-0.1, -0.05) is 11.8 Å². The van der Waals surface area contributed by atoms with Crippen molar-refractivity contribution >= 4 is 28.5 Å². The minimum Gasteiger partial charge on any atom is -0.367 e. The summed E-state index contributed by atoms with van der Waals surface area (Å²) in [5.74, 6) is 5.30. The van der Waals surface area contributed by atoms with Gasteiger partial charge >= 0.3 is 12.4 Å². The minimum absolute atomic E-state index is 0.0170. The largest absolute Gasteiger partial charge is 0.441 e. The molecular weight excluding hydrogens is 524 g/mol. The molecular formula is C22H31F6N7OS. The number of anilines is 1. The maximum atomic E-state index is 12.9. The number of pyridine rings is 1. The number of likely N-dealkylation sites (tertiary alicyclic amines) is 1. The maximum Gasteiger partial charge on any atom is 0.441 e. The average molecular weight is 556 g/mol. The summed E-state index contributed by atoms with van der Waals surface area (Å²) < 4.78 is 76.6. The molecule has 0 bridgehead atoms. The van der Waals surface area contributed by atoms with Crippen molar-refractivity contribution in [3.63, 3.8) is 0 Å². The highest BCUT2D eigenvalue weighted by Crippen LogP contribution is 2.30. The predicted octanol–water partition coefficient (Wildman–Crippen LogP) is 3.42. The van der Waals surface area contributed by atoms with Crippen LogP contribution in [0.25, 0.3) is 0 Å². The third-order valence-electron chi connectivity index (χ3n) is 6.50. The number of hydrogen-bond donors (Lipinski definition) is 2. The number of alkyl halides is 6. The second-order valence-electron chi connectivity index (χ2n) is 9.01. The maximum absolute atomic E-state index is 12.9. The highest BCUT2D eigenvalue weighted by Gasteiger charge is 2.38. The molecule has 1 aromatic rings. The van der Waals surface area contributed by atoms with Crippen LogP contribution in [0.2, 0.25) is 0 Å². The van der Waals surface area contributed by atoms with Gasteiger partial charge in [0.1, 0.15) is 5.82 Å². The molecule has 1 aromatic heterocycles. The molecule has 3 heterocycles. The number of thioether (sulfide) groups is 1. The fraction of sp³-hybridized carbons (Fsp3) is 0.682. The second-order valence-corrected chi connectivity index (χ2v) is 10.3. The smallest absolute Gasteiger partial charge is 0.367 e. The van der Waals surface area contributed by atoms with Crippen molar-refractivity contribution in [3.05, 3.63) is 23.9 Å². The Labute approximate surface area is 215 Å². The van der Waals surface area contributed by atoms with E-state index in [1.54, 1.807) is 11.8 Å². The molecule has 0 spiro atoms. The number of nitrogens with two attached hydrogens (primary N) is 1. The van der Waals surface area contributed by atoms with E-state index in [-0.39, 0.29) is 11.9 Å². The lowest BCUT2D eigenvalue weighted by molar-refractivity contribution is -0.137. The van der Waals surface area contributed by atoms with Crippen molar-refractivity contribution in [2.75, 3.05) is 51.1 Å². The number of rotatable bonds is 7. The Hall–Kier alpha value is -2.26. The zero-order valence-corrected chi connectivity index (χ0v) is 21.2. The van der Waals surface area contributed by atoms with Crippen molar-refractivity contribution in [2.45, 2.75) is 50.0 Å². The van der Waals surface area contributed by atoms with E-state index in [2.05, 4.69) is 20.3 Å². The number of amides is 1. The van der Waals surface area contributed by atoms with E-state index < -0.39 is 28.3 Å². The van der Waals surface area contributed by atoms with E-state index in [0.717, 1.165) is 12.3 Å². The van der Waals surface area contributed by atoms with E-state index in [4.69, 9.17) is 5.84 Å². The van der Waals surface area contributed by atoms with Gasteiger partial charge in [0.25, 0.3) is 0 Å². The van der Waals surface area contributed by atoms with Crippen molar-refractivity contribution in [1.29, 1.82) is 0 Å². The van der Waals surface area contributed by atoms with Crippen LogP contribution < -0.4 is 11.2 Å². The van der Waals surface area contributed by atoms with E-state index in [1.807, 2.05) is 4.90 Å². The van der Waals surface area contributed by atoms with Gasteiger partial charge in [0.15, 0.2) is 5.04 Å². The van der Waals surface area contributed by atoms with Crippen LogP contribution in [0.5, 0.6) is 0 Å². The van der Waals surface area contributed by atoms with Gasteiger partial charge < -0.3 is 21.0 Å². The van der Waals surface area contributed by atoms with Gasteiger partial charge in [0.2, 0.25) is 5.91 Å². The summed E-state index contributed by atoms with van der Waals surface area (Å²) in [4.78, 5) is 22.4. The van der Waals surface area contributed by atoms with Crippen LogP contribution in [0.4, 0.5) is 32.2 Å². The number of piperazine rings is 1. The molecule has 2 aliphatic heterocycles. The fourth-order valence-corrected chi connectivity index (χ4v) is 5.18. The minimum atomic E-state index is -4.57. The Balaban J connectivity index is 1.34. The molecule has 2 fully saturated rings. The summed E-state index contributed by atoms with van der Waals surface area (Å²) in [6.07, 6.45) is -6.53. The quantitative estimate of drug-likeness (QED) is 0.175. The summed E-state index contributed by atoms with van der Waals surface area (Å²) in [5, 5.41) is 4.52. The Bertz CT molecular complexity index is 912. The summed E-state index contributed by atoms with van der Waals surface area (Å²) >= 11 is 0.591. The molecule has 0 aliphatic carbocycles. The third-order valence-corrected chi connectivity index (χ3v) is 7.69. The molecule has 0 radical (unpaired) electrons. The van der Waals surface area contributed by atoms with Crippen LogP contribution >= 0.6 is 11.8 Å². The highest BCUT2D eigenvalue weighted by molar-refractivity contribution is 8.14. The molecule has 37 heavy (non-hydrogen) atoms. The molecule has 15 heteroatoms. The van der Waals surface area contributed by atoms with Gasteiger partial charge in [-0.05, 0) is 31.9 Å². The van der Waals surface area contributed by atoms with E-state index in [9.17, 15) is 31.1 Å². The molecule has 1 unspecified atom stereocenters. The molecule has 3 rings (SSSR count). The van der Waals surface area contributed by atoms with Gasteiger partial charge in [-0.3, -0.25) is 9.69 Å². The molecule has 0 saturated carbocycles. The number of hydrazone groups is 1. The Morgan fingerprint density at radius 3 is 2.30 bits per heavy atom. The summed E-state index contributed by atoms with van der Waals surface area (Å²) in [6.45, 7) is 5.79. The third kappa shape index (κ3) is 8.64. The molecule has 2 saturated heterocycles. The van der Waals surface area contributed by atoms with Gasteiger partial charge in [-0.15, -0.1) is 0 Å². The van der Waals surface area contributed by atoms with Crippen LogP contribution in [-0.4, -0.2) is 94.0 Å². The first-order valence-electron chi connectivity index (χ1n) is 11.9. The zero-order chi connectivity index (χ0) is 27.2. The number of carbonyl (C=O) groups is 1. The molecule has 2 aliphatic rings. The van der Waals surface area contributed by atoms with Crippen LogP contribution in [0, 0.1) is 0 Å². The Kier molecular flexibility index (Phi) is 9.92. The van der Waals surface area contributed by atoms with Crippen LogP contribution in [0.3, 0.4) is 0 Å².